The Balaban J connectivity index is 1.40. The minimum Gasteiger partial charge on any atom is -0.480 e. The summed E-state index contributed by atoms with van der Waals surface area (Å²) >= 11 is 0. The Morgan fingerprint density at radius 1 is 0.973 bits per heavy atom. The lowest BCUT2D eigenvalue weighted by molar-refractivity contribution is -0.139. The van der Waals surface area contributed by atoms with E-state index in [2.05, 4.69) is 5.32 Å². The van der Waals surface area contributed by atoms with Crippen molar-refractivity contribution in [1.82, 2.24) is 5.32 Å². The smallest absolute Gasteiger partial charge is 0.407 e. The van der Waals surface area contributed by atoms with Crippen LogP contribution in [0.3, 0.4) is 0 Å². The molecule has 0 unspecified atom stereocenters. The lowest BCUT2D eigenvalue weighted by Crippen LogP contribution is -2.43. The zero-order valence-electron chi connectivity index (χ0n) is 20.8. The molecule has 0 fully saturated rings. The van der Waals surface area contributed by atoms with Gasteiger partial charge in [-0.2, -0.15) is 0 Å². The number of hydrogen-bond acceptors (Lipinski definition) is 5. The zero-order chi connectivity index (χ0) is 26.7. The molecule has 0 aromatic heterocycles. The van der Waals surface area contributed by atoms with Gasteiger partial charge in [0, 0.05) is 12.3 Å². The van der Waals surface area contributed by atoms with Crippen LogP contribution in [0.4, 0.5) is 9.18 Å². The van der Waals surface area contributed by atoms with Crippen molar-refractivity contribution >= 4 is 18.0 Å². The third-order valence-corrected chi connectivity index (χ3v) is 6.03. The van der Waals surface area contributed by atoms with Crippen LogP contribution in [0.5, 0.6) is 0 Å². The van der Waals surface area contributed by atoms with Crippen molar-refractivity contribution in [3.63, 3.8) is 0 Å². The van der Waals surface area contributed by atoms with Crippen LogP contribution in [0.1, 0.15) is 53.7 Å². The number of alkyl carbamates (subject to hydrolysis) is 1. The number of ether oxygens (including phenoxy) is 2. The highest BCUT2D eigenvalue weighted by atomic mass is 19.1. The maximum atomic E-state index is 14.6. The maximum absolute atomic E-state index is 14.6. The molecule has 8 heteroatoms. The molecule has 1 aliphatic carbocycles. The molecule has 3 aromatic carbocycles. The van der Waals surface area contributed by atoms with Gasteiger partial charge in [0.25, 0.3) is 0 Å². The van der Waals surface area contributed by atoms with Crippen molar-refractivity contribution in [3.05, 3.63) is 94.8 Å². The standard InChI is InChI=1S/C29H28FNO6/c1-29(2,3)37-27(34)22-13-12-17(14-24(22)30)15-25(26(32)33)31-28(35)36-16-23-20-10-6-4-8-18(20)19-9-5-7-11-21(19)23/h4-14,23,25H,15-16H2,1-3H3,(H,31,35)(H,32,33)/t25-/m0/s1. The summed E-state index contributed by atoms with van der Waals surface area (Å²) in [4.78, 5) is 36.5. The highest BCUT2D eigenvalue weighted by Gasteiger charge is 2.30. The Morgan fingerprint density at radius 3 is 2.11 bits per heavy atom. The minimum atomic E-state index is -1.36. The van der Waals surface area contributed by atoms with Gasteiger partial charge >= 0.3 is 18.0 Å². The summed E-state index contributed by atoms with van der Waals surface area (Å²) in [6, 6.07) is 18.1. The van der Waals surface area contributed by atoms with Crippen molar-refractivity contribution in [2.24, 2.45) is 0 Å². The number of carbonyl (C=O) groups is 3. The van der Waals surface area contributed by atoms with Gasteiger partial charge in [-0.1, -0.05) is 54.6 Å². The van der Waals surface area contributed by atoms with Crippen LogP contribution in [-0.4, -0.2) is 41.4 Å². The van der Waals surface area contributed by atoms with Crippen LogP contribution in [0.15, 0.2) is 66.7 Å². The average molecular weight is 506 g/mol. The van der Waals surface area contributed by atoms with Crippen LogP contribution < -0.4 is 5.32 Å². The molecule has 0 bridgehead atoms. The molecule has 0 aliphatic heterocycles. The number of amides is 1. The minimum absolute atomic E-state index is 0.0331. The summed E-state index contributed by atoms with van der Waals surface area (Å²) < 4.78 is 25.2. The molecule has 0 saturated heterocycles. The molecule has 0 spiro atoms. The van der Waals surface area contributed by atoms with Crippen LogP contribution in [0.25, 0.3) is 11.1 Å². The zero-order valence-corrected chi connectivity index (χ0v) is 20.8. The fraction of sp³-hybridized carbons (Fsp3) is 0.276. The fourth-order valence-corrected chi connectivity index (χ4v) is 4.40. The molecule has 3 aromatic rings. The largest absolute Gasteiger partial charge is 0.480 e. The first-order valence-corrected chi connectivity index (χ1v) is 11.9. The number of rotatable bonds is 7. The van der Waals surface area contributed by atoms with Gasteiger partial charge in [-0.05, 0) is 60.7 Å². The quantitative estimate of drug-likeness (QED) is 0.422. The van der Waals surface area contributed by atoms with Gasteiger partial charge in [-0.25, -0.2) is 18.8 Å². The summed E-state index contributed by atoms with van der Waals surface area (Å²) in [6.07, 6.45) is -1.09. The number of carboxylic acid groups (broad SMARTS) is 1. The highest BCUT2D eigenvalue weighted by molar-refractivity contribution is 5.90. The predicted octanol–water partition coefficient (Wildman–Crippen LogP) is 5.32. The molecule has 1 atom stereocenters. The van der Waals surface area contributed by atoms with E-state index in [4.69, 9.17) is 9.47 Å². The average Bonchev–Trinajstić information content (AvgIpc) is 3.15. The summed E-state index contributed by atoms with van der Waals surface area (Å²) in [5, 5.41) is 12.0. The molecule has 0 saturated carbocycles. The molecule has 0 radical (unpaired) electrons. The molecule has 37 heavy (non-hydrogen) atoms. The molecule has 0 heterocycles. The van der Waals surface area contributed by atoms with Gasteiger partial charge in [0.05, 0.1) is 5.56 Å². The summed E-state index contributed by atoms with van der Waals surface area (Å²) in [5.74, 6) is -3.12. The number of aliphatic carboxylic acids is 1. The van der Waals surface area contributed by atoms with E-state index in [0.717, 1.165) is 28.3 Å². The van der Waals surface area contributed by atoms with Crippen molar-refractivity contribution < 1.29 is 33.4 Å². The first-order chi connectivity index (χ1) is 17.5. The molecule has 1 aliphatic rings. The normalized spacial score (nSPS) is 13.3. The number of fused-ring (bicyclic) bond motifs is 3. The molecule has 7 nitrogen and oxygen atoms in total. The molecular formula is C29H28FNO6. The Kier molecular flexibility index (Phi) is 7.29. The second-order valence-electron chi connectivity index (χ2n) is 9.88. The highest BCUT2D eigenvalue weighted by Crippen LogP contribution is 2.44. The summed E-state index contributed by atoms with van der Waals surface area (Å²) in [5.41, 5.74) is 3.47. The number of esters is 1. The van der Waals surface area contributed by atoms with E-state index in [1.54, 1.807) is 20.8 Å². The van der Waals surface area contributed by atoms with Crippen LogP contribution in [-0.2, 0) is 20.7 Å². The van der Waals surface area contributed by atoms with Crippen molar-refractivity contribution in [2.75, 3.05) is 6.61 Å². The van der Waals surface area contributed by atoms with E-state index in [1.165, 1.54) is 12.1 Å². The van der Waals surface area contributed by atoms with Gasteiger partial charge in [0.15, 0.2) is 0 Å². The third-order valence-electron chi connectivity index (χ3n) is 6.03. The Labute approximate surface area is 214 Å². The molecule has 4 rings (SSSR count). The second-order valence-corrected chi connectivity index (χ2v) is 9.88. The lowest BCUT2D eigenvalue weighted by Gasteiger charge is -2.20. The van der Waals surface area contributed by atoms with E-state index < -0.39 is 35.5 Å². The molecule has 2 N–H and O–H groups in total. The molecule has 1 amide bonds. The Hall–Kier alpha value is -4.20. The number of carbonyl (C=O) groups excluding carboxylic acids is 2. The Bertz CT molecular complexity index is 1300. The third kappa shape index (κ3) is 5.97. The molecule has 192 valence electrons. The van der Waals surface area contributed by atoms with Gasteiger partial charge in [-0.15, -0.1) is 0 Å². The van der Waals surface area contributed by atoms with Gasteiger partial charge < -0.3 is 19.9 Å². The van der Waals surface area contributed by atoms with E-state index in [0.29, 0.717) is 0 Å². The van der Waals surface area contributed by atoms with E-state index in [9.17, 15) is 23.9 Å². The first-order valence-electron chi connectivity index (χ1n) is 11.9. The summed E-state index contributed by atoms with van der Waals surface area (Å²) in [7, 11) is 0. The number of nitrogens with one attached hydrogen (secondary N) is 1. The van der Waals surface area contributed by atoms with Crippen molar-refractivity contribution in [1.29, 1.82) is 0 Å². The number of hydrogen-bond donors (Lipinski definition) is 2. The molecular weight excluding hydrogens is 477 g/mol. The first kappa shape index (κ1) is 25.9. The summed E-state index contributed by atoms with van der Waals surface area (Å²) in [6.45, 7) is 5.04. The second kappa shape index (κ2) is 10.4. The van der Waals surface area contributed by atoms with Crippen LogP contribution >= 0.6 is 0 Å². The topological polar surface area (TPSA) is 102 Å². The van der Waals surface area contributed by atoms with Crippen LogP contribution in [0, 0.1) is 5.82 Å². The Morgan fingerprint density at radius 2 is 1.57 bits per heavy atom. The number of benzene rings is 3. The van der Waals surface area contributed by atoms with Crippen molar-refractivity contribution in [3.8, 4) is 11.1 Å². The number of carboxylic acids is 1. The van der Waals surface area contributed by atoms with E-state index in [-0.39, 0.29) is 30.1 Å². The number of halogens is 1. The van der Waals surface area contributed by atoms with Crippen molar-refractivity contribution in [2.45, 2.75) is 44.8 Å². The maximum Gasteiger partial charge on any atom is 0.407 e. The monoisotopic (exact) mass is 505 g/mol. The SMILES string of the molecule is CC(C)(C)OC(=O)c1ccc(C[C@H](NC(=O)OCC2c3ccccc3-c3ccccc32)C(=O)O)cc1F. The van der Waals surface area contributed by atoms with Gasteiger partial charge in [0.2, 0.25) is 0 Å². The fourth-order valence-electron chi connectivity index (χ4n) is 4.40. The van der Waals surface area contributed by atoms with Gasteiger partial charge in [0.1, 0.15) is 24.1 Å². The van der Waals surface area contributed by atoms with Gasteiger partial charge in [-0.3, -0.25) is 0 Å². The lowest BCUT2D eigenvalue weighted by atomic mass is 9.98. The van der Waals surface area contributed by atoms with Crippen LogP contribution in [0.2, 0.25) is 0 Å². The van der Waals surface area contributed by atoms with E-state index in [1.807, 2.05) is 48.5 Å². The van der Waals surface area contributed by atoms with E-state index >= 15 is 0 Å². The predicted molar refractivity (Wildman–Crippen MR) is 135 cm³/mol.